The van der Waals surface area contributed by atoms with Crippen LogP contribution >= 0.6 is 0 Å². The van der Waals surface area contributed by atoms with E-state index in [1.165, 1.54) is 0 Å². The highest BCUT2D eigenvalue weighted by atomic mass is 16.4. The molecule has 0 aliphatic carbocycles. The Kier molecular flexibility index (Phi) is 26.1. The summed E-state index contributed by atoms with van der Waals surface area (Å²) in [4.78, 5) is 147. The third-order valence-corrected chi connectivity index (χ3v) is 13.5. The van der Waals surface area contributed by atoms with Crippen molar-refractivity contribution >= 4 is 71.1 Å². The number of hydrogen-bond donors (Lipinski definition) is 14. The summed E-state index contributed by atoms with van der Waals surface area (Å²) in [7, 11) is 0. The van der Waals surface area contributed by atoms with Crippen LogP contribution in [0.25, 0.3) is 0 Å². The van der Waals surface area contributed by atoms with Gasteiger partial charge in [0, 0.05) is 37.6 Å². The Labute approximate surface area is 485 Å². The fraction of sp³-hybridized carbons (Fsp3) is 0.379. The number of rotatable bonds is 22. The Morgan fingerprint density at radius 1 is 0.333 bits per heavy atom. The second-order valence-electron chi connectivity index (χ2n) is 20.1. The minimum atomic E-state index is -1.69. The smallest absolute Gasteiger partial charge is 0.338 e. The molecule has 0 bridgehead atoms. The minimum absolute atomic E-state index is 0.103. The van der Waals surface area contributed by atoms with Crippen molar-refractivity contribution in [2.75, 3.05) is 13.1 Å². The summed E-state index contributed by atoms with van der Waals surface area (Å²) in [5.41, 5.74) is 24.6. The van der Waals surface area contributed by atoms with Gasteiger partial charge in [0.15, 0.2) is 0 Å². The van der Waals surface area contributed by atoms with Gasteiger partial charge in [0.1, 0.15) is 48.3 Å². The maximum atomic E-state index is 14.7. The van der Waals surface area contributed by atoms with E-state index in [1.54, 1.807) is 121 Å². The Morgan fingerprint density at radius 2 is 0.536 bits per heavy atom. The Hall–Kier alpha value is -9.88. The molecule has 26 nitrogen and oxygen atoms in total. The molecule has 448 valence electrons. The van der Waals surface area contributed by atoms with E-state index in [1.807, 2.05) is 0 Å². The van der Waals surface area contributed by atoms with Crippen molar-refractivity contribution in [2.45, 2.75) is 125 Å². The van der Waals surface area contributed by atoms with E-state index < -0.39 is 133 Å². The van der Waals surface area contributed by atoms with Crippen LogP contribution in [0.1, 0.15) is 73.6 Å². The van der Waals surface area contributed by atoms with Gasteiger partial charge < -0.3 is 62.3 Å². The highest BCUT2D eigenvalue weighted by Gasteiger charge is 2.36. The predicted molar refractivity (Wildman–Crippen MR) is 301 cm³/mol. The van der Waals surface area contributed by atoms with E-state index in [4.69, 9.17) is 22.9 Å². The summed E-state index contributed by atoms with van der Waals surface area (Å²) >= 11 is 0. The van der Waals surface area contributed by atoms with Crippen molar-refractivity contribution in [3.8, 4) is 0 Å². The van der Waals surface area contributed by atoms with Crippen molar-refractivity contribution < 1.29 is 68.1 Å². The lowest BCUT2D eigenvalue weighted by atomic mass is 10.0. The normalized spacial score (nSPS) is 21.4. The van der Waals surface area contributed by atoms with Crippen LogP contribution in [0, 0.1) is 0 Å². The van der Waals surface area contributed by atoms with E-state index in [2.05, 4.69) is 52.5 Å². The van der Waals surface area contributed by atoms with Crippen LogP contribution in [-0.4, -0.2) is 133 Å². The number of hydrogen-bond acceptors (Lipinski definition) is 12. The van der Waals surface area contributed by atoms with Gasteiger partial charge in [-0.15, -0.1) is 0 Å². The molecular formula is C58H74N14O12. The van der Waals surface area contributed by atoms with Crippen LogP contribution in [0.2, 0.25) is 0 Å². The molecule has 1 heterocycles. The van der Waals surface area contributed by atoms with Gasteiger partial charge in [-0.2, -0.15) is 0 Å². The first-order chi connectivity index (χ1) is 40.2. The molecule has 1 fully saturated rings. The second-order valence-corrected chi connectivity index (χ2v) is 20.1. The fourth-order valence-electron chi connectivity index (χ4n) is 9.09. The molecule has 1 aliphatic heterocycles. The van der Waals surface area contributed by atoms with Crippen LogP contribution in [0.5, 0.6) is 0 Å². The number of amides is 8. The molecule has 8 atom stereocenters. The summed E-state index contributed by atoms with van der Waals surface area (Å²) in [6.07, 6.45) is -3.49. The van der Waals surface area contributed by atoms with Gasteiger partial charge in [0.25, 0.3) is 0 Å². The van der Waals surface area contributed by atoms with E-state index >= 15 is 0 Å². The molecule has 84 heavy (non-hydrogen) atoms. The predicted octanol–water partition coefficient (Wildman–Crippen LogP) is -7.82. The highest BCUT2D eigenvalue weighted by Crippen LogP contribution is 2.13. The molecular weight excluding hydrogens is 1080 g/mol. The summed E-state index contributed by atoms with van der Waals surface area (Å²) in [5, 5.41) is 45.1. The summed E-state index contributed by atoms with van der Waals surface area (Å²) in [5.74, 6) is -11.2. The minimum Gasteiger partial charge on any atom is -0.550 e. The fourth-order valence-corrected chi connectivity index (χ4v) is 9.09. The van der Waals surface area contributed by atoms with Crippen molar-refractivity contribution in [3.63, 3.8) is 0 Å². The Morgan fingerprint density at radius 3 is 0.750 bits per heavy atom. The van der Waals surface area contributed by atoms with Crippen LogP contribution < -0.4 is 85.7 Å². The topological polar surface area (TPSA) is 445 Å². The van der Waals surface area contributed by atoms with Crippen LogP contribution in [0.15, 0.2) is 121 Å². The number of carboxylic acids is 2. The van der Waals surface area contributed by atoms with Crippen LogP contribution in [-0.2, 0) is 73.6 Å². The first kappa shape index (κ1) is 64.9. The molecule has 8 amide bonds. The van der Waals surface area contributed by atoms with Crippen molar-refractivity contribution in [1.82, 2.24) is 42.5 Å². The largest absolute Gasteiger partial charge is 0.550 e. The van der Waals surface area contributed by atoms with Gasteiger partial charge in [-0.25, -0.2) is 0 Å². The van der Waals surface area contributed by atoms with E-state index in [0.29, 0.717) is 22.3 Å². The van der Waals surface area contributed by atoms with Gasteiger partial charge >= 0.3 is 11.9 Å². The molecule has 4 aromatic carbocycles. The van der Waals surface area contributed by atoms with Crippen molar-refractivity contribution in [1.29, 1.82) is 0 Å². The zero-order chi connectivity index (χ0) is 61.0. The number of aliphatic carboxylic acids is 2. The molecule has 1 saturated heterocycles. The third kappa shape index (κ3) is 22.9. The number of carbonyl (C=O) groups is 10. The van der Waals surface area contributed by atoms with Crippen LogP contribution in [0.4, 0.5) is 0 Å². The van der Waals surface area contributed by atoms with Gasteiger partial charge in [-0.05, 0) is 73.6 Å². The molecule has 5 rings (SSSR count). The van der Waals surface area contributed by atoms with E-state index in [9.17, 15) is 58.2 Å². The van der Waals surface area contributed by atoms with Gasteiger partial charge in [0.05, 0.1) is 13.1 Å². The lowest BCUT2D eigenvalue weighted by Gasteiger charge is -2.29. The zero-order valence-electron chi connectivity index (χ0n) is 46.3. The first-order valence-corrected chi connectivity index (χ1v) is 27.5. The van der Waals surface area contributed by atoms with Gasteiger partial charge in [-0.1, -0.05) is 121 Å². The lowest BCUT2D eigenvalue weighted by molar-refractivity contribution is -0.460. The van der Waals surface area contributed by atoms with Crippen LogP contribution in [0.3, 0.4) is 0 Å². The zero-order valence-corrected chi connectivity index (χ0v) is 46.3. The quantitative estimate of drug-likeness (QED) is 0.0197. The molecule has 0 unspecified atom stereocenters. The van der Waals surface area contributed by atoms with Gasteiger partial charge in [-0.3, -0.25) is 71.3 Å². The molecule has 0 radical (unpaired) electrons. The SMILES string of the molecule is NC(N)=[NH+]CCC[C@@H]1NC(=O)[C@H](Cc2ccccc2)NC(=O)[C@H](CCC(=O)[O-])NC(=O)[C@H](Cc2ccccc2)NC(=O)[C@H](CCC[NH+]=C(N)N)NC(=O)[C@H](Cc2ccccc2)NC(=O)[C@H](CCC(=O)[O-])NC(=O)[C@H](Cc2ccccc2)NC1=O. The van der Waals surface area contributed by atoms with E-state index in [0.717, 1.165) is 0 Å². The van der Waals surface area contributed by atoms with Gasteiger partial charge in [0.2, 0.25) is 47.3 Å². The maximum absolute atomic E-state index is 14.7. The molecule has 18 N–H and O–H groups in total. The van der Waals surface area contributed by atoms with Crippen molar-refractivity contribution in [3.05, 3.63) is 144 Å². The number of guanidine groups is 2. The molecule has 4 aromatic rings. The summed E-state index contributed by atoms with van der Waals surface area (Å²) in [6.45, 7) is 0.205. The first-order valence-electron chi connectivity index (χ1n) is 27.5. The Bertz CT molecular complexity index is 2650. The second kappa shape index (κ2) is 33.8. The number of nitrogens with two attached hydrogens (primary N) is 4. The maximum Gasteiger partial charge on any atom is 0.338 e. The van der Waals surface area contributed by atoms with Crippen molar-refractivity contribution in [2.24, 2.45) is 22.9 Å². The summed E-state index contributed by atoms with van der Waals surface area (Å²) in [6, 6.07) is 21.1. The molecule has 0 spiro atoms. The molecule has 0 aromatic heterocycles. The monoisotopic (exact) mass is 1160 g/mol. The Balaban J connectivity index is 1.68. The average molecular weight is 1160 g/mol. The average Bonchev–Trinajstić information content (AvgIpc) is 3.57. The molecule has 0 saturated carbocycles. The number of carbonyl (C=O) groups excluding carboxylic acids is 10. The molecule has 1 aliphatic rings. The number of nitrogens with one attached hydrogen (secondary N) is 10. The molecule has 26 heteroatoms. The van der Waals surface area contributed by atoms with E-state index in [-0.39, 0.29) is 76.4 Å². The third-order valence-electron chi connectivity index (χ3n) is 13.5. The lowest BCUT2D eigenvalue weighted by Crippen LogP contribution is -2.78. The number of benzene rings is 4. The number of carboxylic acid groups (broad SMARTS) is 2. The highest BCUT2D eigenvalue weighted by molar-refractivity contribution is 5.99. The summed E-state index contributed by atoms with van der Waals surface area (Å²) < 4.78 is 0. The standard InChI is InChI=1S/C58H74N14O12/c59-57(60)63-29-13-23-39-49(77)69-46(34-38-21-11-4-12-22-38)56(84)68-42(26-28-48(75)76)52(80)72-44(32-36-17-7-2-8-18-36)54(82)66-40(24-14-30-64-58(61)62)50(78)70-45(33-37-19-9-3-10-20-37)55(83)67-41(25-27-47(73)74)51(79)71-43(53(81)65-39)31-35-15-5-1-6-16-35/h1-12,15-22,39-46H,13-14,23-34H2,(H,65,81)(H,66,82)(H,67,83)(H,68,84)(H,69,77)(H,70,78)(H,71,79)(H,72,80)(H,73,74)(H,75,76)(H4,59,60,63)(H4,61,62,64)/t39-,40-,41-,42-,43-,44-,45-,46-/m0/s1.